The highest BCUT2D eigenvalue weighted by Crippen LogP contribution is 2.35. The zero-order chi connectivity index (χ0) is 26.1. The Labute approximate surface area is 226 Å². The van der Waals surface area contributed by atoms with Gasteiger partial charge in [-0.25, -0.2) is 0 Å². The van der Waals surface area contributed by atoms with Crippen LogP contribution in [-0.2, 0) is 11.3 Å². The summed E-state index contributed by atoms with van der Waals surface area (Å²) in [5.74, 6) is 0.968. The molecular weight excluding hydrogens is 511 g/mol. The summed E-state index contributed by atoms with van der Waals surface area (Å²) >= 11 is 12.1. The lowest BCUT2D eigenvalue weighted by atomic mass is 9.94. The summed E-state index contributed by atoms with van der Waals surface area (Å²) in [5.41, 5.74) is 4.27. The van der Waals surface area contributed by atoms with Gasteiger partial charge in [-0.2, -0.15) is 0 Å². The number of carbonyl (C=O) groups is 2. The molecule has 37 heavy (non-hydrogen) atoms. The van der Waals surface area contributed by atoms with Gasteiger partial charge in [0.2, 0.25) is 6.29 Å². The van der Waals surface area contributed by atoms with E-state index in [2.05, 4.69) is 6.07 Å². The highest BCUT2D eigenvalue weighted by Gasteiger charge is 2.33. The number of nitrogens with zero attached hydrogens (tertiary/aromatic N) is 2. The minimum atomic E-state index is -0.336. The van der Waals surface area contributed by atoms with Crippen LogP contribution in [0.25, 0.3) is 11.1 Å². The molecule has 1 saturated heterocycles. The van der Waals surface area contributed by atoms with Crippen LogP contribution in [0.15, 0.2) is 60.7 Å². The Bertz CT molecular complexity index is 1320. The highest BCUT2D eigenvalue weighted by atomic mass is 35.5. The molecular formula is C29H28Cl2N2O4. The molecule has 1 atom stereocenters. The molecule has 6 nitrogen and oxygen atoms in total. The summed E-state index contributed by atoms with van der Waals surface area (Å²) in [4.78, 5) is 28.4. The third-order valence-electron chi connectivity index (χ3n) is 6.96. The molecule has 5 rings (SSSR count). The molecule has 0 saturated carbocycles. The average molecular weight is 539 g/mol. The Kier molecular flexibility index (Phi) is 7.43. The van der Waals surface area contributed by atoms with Crippen molar-refractivity contribution in [2.45, 2.75) is 25.7 Å². The van der Waals surface area contributed by atoms with Crippen molar-refractivity contribution in [1.82, 2.24) is 9.80 Å². The number of fused-ring (bicyclic) bond motifs is 1. The number of halogens is 2. The molecule has 0 aromatic heterocycles. The summed E-state index contributed by atoms with van der Waals surface area (Å²) in [5, 5.41) is 0.815. The maximum Gasteiger partial charge on any atom is 0.253 e. The number of amides is 2. The van der Waals surface area contributed by atoms with Crippen LogP contribution in [0.2, 0.25) is 10.0 Å². The van der Waals surface area contributed by atoms with Gasteiger partial charge in [-0.15, -0.1) is 0 Å². The minimum absolute atomic E-state index is 0.0191. The fourth-order valence-corrected chi connectivity index (χ4v) is 5.10. The fraction of sp³-hybridized carbons (Fsp3) is 0.310. The van der Waals surface area contributed by atoms with Crippen LogP contribution >= 0.6 is 23.2 Å². The molecule has 3 aromatic rings. The largest absolute Gasteiger partial charge is 0.464 e. The third kappa shape index (κ3) is 5.47. The second-order valence-corrected chi connectivity index (χ2v) is 10.5. The number of hydrogen-bond donors (Lipinski definition) is 0. The molecule has 8 heteroatoms. The normalized spacial score (nSPS) is 17.6. The number of benzene rings is 3. The molecule has 3 aromatic carbocycles. The van der Waals surface area contributed by atoms with Crippen molar-refractivity contribution in [3.63, 3.8) is 0 Å². The van der Waals surface area contributed by atoms with Gasteiger partial charge in [0.25, 0.3) is 11.8 Å². The van der Waals surface area contributed by atoms with E-state index in [1.165, 1.54) is 0 Å². The molecule has 1 fully saturated rings. The fourth-order valence-electron chi connectivity index (χ4n) is 4.80. The number of piperidine rings is 1. The van der Waals surface area contributed by atoms with Crippen LogP contribution in [0, 0.1) is 5.92 Å². The maximum absolute atomic E-state index is 12.9. The molecule has 0 spiro atoms. The quantitative estimate of drug-likeness (QED) is 0.399. The van der Waals surface area contributed by atoms with Gasteiger partial charge in [0, 0.05) is 49.8 Å². The van der Waals surface area contributed by atoms with Crippen LogP contribution in [0.1, 0.15) is 39.1 Å². The second kappa shape index (κ2) is 10.7. The molecule has 192 valence electrons. The van der Waals surface area contributed by atoms with Gasteiger partial charge in [-0.1, -0.05) is 41.4 Å². The average Bonchev–Trinajstić information content (AvgIpc) is 2.93. The zero-order valence-electron chi connectivity index (χ0n) is 20.7. The standard InChI is InChI=1S/C29H28Cl2N2O4/c1-32(2)27(34)19-5-3-18(4-6-19)21-8-10-26-23(15-21)17-36-29(37-26)20-11-13-33(14-12-20)28(35)22-7-9-24(30)25(31)16-22/h3-10,15-16,20,29H,11-14,17H2,1-2H3. The Morgan fingerprint density at radius 1 is 0.865 bits per heavy atom. The summed E-state index contributed by atoms with van der Waals surface area (Å²) in [6.07, 6.45) is 1.25. The zero-order valence-corrected chi connectivity index (χ0v) is 22.3. The first-order valence-corrected chi connectivity index (χ1v) is 13.0. The van der Waals surface area contributed by atoms with Gasteiger partial charge in [0.15, 0.2) is 0 Å². The first-order valence-electron chi connectivity index (χ1n) is 12.3. The van der Waals surface area contributed by atoms with Crippen molar-refractivity contribution >= 4 is 35.0 Å². The maximum atomic E-state index is 12.9. The Morgan fingerprint density at radius 3 is 2.22 bits per heavy atom. The van der Waals surface area contributed by atoms with Gasteiger partial charge < -0.3 is 19.3 Å². The van der Waals surface area contributed by atoms with E-state index < -0.39 is 0 Å². The lowest BCUT2D eigenvalue weighted by molar-refractivity contribution is -0.148. The van der Waals surface area contributed by atoms with Gasteiger partial charge in [-0.3, -0.25) is 9.59 Å². The molecule has 0 radical (unpaired) electrons. The molecule has 2 heterocycles. The number of carbonyl (C=O) groups excluding carboxylic acids is 2. The molecule has 0 aliphatic carbocycles. The van der Waals surface area contributed by atoms with Crippen LogP contribution in [0.5, 0.6) is 5.75 Å². The van der Waals surface area contributed by atoms with Crippen molar-refractivity contribution in [2.24, 2.45) is 5.92 Å². The van der Waals surface area contributed by atoms with E-state index in [1.54, 1.807) is 37.2 Å². The summed E-state index contributed by atoms with van der Waals surface area (Å²) < 4.78 is 12.4. The lowest BCUT2D eigenvalue weighted by Gasteiger charge is -2.37. The first kappa shape index (κ1) is 25.6. The smallest absolute Gasteiger partial charge is 0.253 e. The van der Waals surface area contributed by atoms with Crippen molar-refractivity contribution in [2.75, 3.05) is 27.2 Å². The van der Waals surface area contributed by atoms with Gasteiger partial charge in [0.1, 0.15) is 5.75 Å². The Balaban J connectivity index is 1.20. The molecule has 0 bridgehead atoms. The number of hydrogen-bond acceptors (Lipinski definition) is 4. The van der Waals surface area contributed by atoms with E-state index in [0.717, 1.165) is 35.3 Å². The number of rotatable bonds is 4. The molecule has 2 aliphatic rings. The van der Waals surface area contributed by atoms with Crippen molar-refractivity contribution < 1.29 is 19.1 Å². The van der Waals surface area contributed by atoms with Crippen molar-refractivity contribution in [1.29, 1.82) is 0 Å². The summed E-state index contributed by atoms with van der Waals surface area (Å²) in [7, 11) is 3.49. The van der Waals surface area contributed by atoms with E-state index in [4.69, 9.17) is 32.7 Å². The molecule has 1 unspecified atom stereocenters. The SMILES string of the molecule is CN(C)C(=O)c1ccc(-c2ccc3c(c2)COC(C2CCN(C(=O)c4ccc(Cl)c(Cl)c4)CC2)O3)cc1. The van der Waals surface area contributed by atoms with Crippen LogP contribution in [-0.4, -0.2) is 55.1 Å². The van der Waals surface area contributed by atoms with E-state index >= 15 is 0 Å². The van der Waals surface area contributed by atoms with Crippen molar-refractivity contribution in [3.8, 4) is 16.9 Å². The van der Waals surface area contributed by atoms with Crippen LogP contribution in [0.4, 0.5) is 0 Å². The third-order valence-corrected chi connectivity index (χ3v) is 7.70. The topological polar surface area (TPSA) is 59.1 Å². The predicted molar refractivity (Wildman–Crippen MR) is 144 cm³/mol. The van der Waals surface area contributed by atoms with E-state index in [0.29, 0.717) is 40.9 Å². The van der Waals surface area contributed by atoms with Gasteiger partial charge in [0.05, 0.1) is 16.7 Å². The monoisotopic (exact) mass is 538 g/mol. The van der Waals surface area contributed by atoms with E-state index in [9.17, 15) is 9.59 Å². The first-order chi connectivity index (χ1) is 17.8. The molecule has 0 N–H and O–H groups in total. The van der Waals surface area contributed by atoms with Gasteiger partial charge in [-0.05, 0) is 66.4 Å². The minimum Gasteiger partial charge on any atom is -0.464 e. The summed E-state index contributed by atoms with van der Waals surface area (Å²) in [6.45, 7) is 1.73. The Hall–Kier alpha value is -3.06. The summed E-state index contributed by atoms with van der Waals surface area (Å²) in [6, 6.07) is 18.7. The number of ether oxygens (including phenoxy) is 2. The Morgan fingerprint density at radius 2 is 1.54 bits per heavy atom. The van der Waals surface area contributed by atoms with Crippen LogP contribution in [0.3, 0.4) is 0 Å². The van der Waals surface area contributed by atoms with Crippen LogP contribution < -0.4 is 4.74 Å². The van der Waals surface area contributed by atoms with Gasteiger partial charge >= 0.3 is 0 Å². The molecule has 2 amide bonds. The second-order valence-electron chi connectivity index (χ2n) is 9.66. The lowest BCUT2D eigenvalue weighted by Crippen LogP contribution is -2.44. The predicted octanol–water partition coefficient (Wildman–Crippen LogP) is 6.15. The highest BCUT2D eigenvalue weighted by molar-refractivity contribution is 6.42. The number of likely N-dealkylation sites (tertiary alicyclic amines) is 1. The van der Waals surface area contributed by atoms with E-state index in [1.807, 2.05) is 41.3 Å². The molecule has 2 aliphatic heterocycles. The van der Waals surface area contributed by atoms with Crippen molar-refractivity contribution in [3.05, 3.63) is 87.4 Å². The van der Waals surface area contributed by atoms with E-state index in [-0.39, 0.29) is 24.0 Å².